The minimum Gasteiger partial charge on any atom is -0.493 e. The molecular formula is C23H25NO4S. The fraction of sp³-hybridized carbons (Fsp3) is 0.304. The lowest BCUT2D eigenvalue weighted by Gasteiger charge is -2.13. The number of methoxy groups -OCH3 is 1. The Bertz CT molecular complexity index is 921. The average molecular weight is 412 g/mol. The number of aryl methyl sites for hydroxylation is 1. The van der Waals surface area contributed by atoms with E-state index in [1.165, 1.54) is 10.5 Å². The van der Waals surface area contributed by atoms with Crippen molar-refractivity contribution < 1.29 is 19.1 Å². The largest absolute Gasteiger partial charge is 0.493 e. The van der Waals surface area contributed by atoms with E-state index in [1.807, 2.05) is 37.3 Å². The van der Waals surface area contributed by atoms with E-state index in [9.17, 15) is 9.59 Å². The number of hydrogen-bond acceptors (Lipinski definition) is 5. The van der Waals surface area contributed by atoms with E-state index in [0.29, 0.717) is 28.7 Å². The van der Waals surface area contributed by atoms with Crippen molar-refractivity contribution in [2.45, 2.75) is 33.1 Å². The standard InChI is InChI=1S/C23H25NO4S/c1-4-6-7-16-8-11-18(12-9-16)24-22(25)21(29-23(24)26)15-17-10-13-19(28-5-2)20(14-17)27-3/h8-15H,4-7H2,1-3H3/b21-15-. The number of carbonyl (C=O) groups excluding carboxylic acids is 2. The van der Waals surface area contributed by atoms with Crippen molar-refractivity contribution in [3.63, 3.8) is 0 Å². The van der Waals surface area contributed by atoms with E-state index in [4.69, 9.17) is 9.47 Å². The summed E-state index contributed by atoms with van der Waals surface area (Å²) in [5.41, 5.74) is 2.57. The predicted octanol–water partition coefficient (Wildman–Crippen LogP) is 5.68. The molecule has 1 aliphatic heterocycles. The van der Waals surface area contributed by atoms with Crippen molar-refractivity contribution in [3.05, 3.63) is 58.5 Å². The minimum atomic E-state index is -0.311. The molecule has 0 atom stereocenters. The van der Waals surface area contributed by atoms with Gasteiger partial charge in [0.25, 0.3) is 11.1 Å². The van der Waals surface area contributed by atoms with E-state index in [2.05, 4.69) is 6.92 Å². The molecule has 2 amide bonds. The first kappa shape index (κ1) is 21.0. The van der Waals surface area contributed by atoms with Gasteiger partial charge in [0.15, 0.2) is 11.5 Å². The normalized spacial score (nSPS) is 15.3. The van der Waals surface area contributed by atoms with Crippen LogP contribution in [0.5, 0.6) is 11.5 Å². The first-order chi connectivity index (χ1) is 14.1. The van der Waals surface area contributed by atoms with Crippen LogP contribution in [-0.2, 0) is 11.2 Å². The summed E-state index contributed by atoms with van der Waals surface area (Å²) in [6, 6.07) is 13.1. The van der Waals surface area contributed by atoms with Gasteiger partial charge in [-0.2, -0.15) is 0 Å². The lowest BCUT2D eigenvalue weighted by atomic mass is 10.1. The van der Waals surface area contributed by atoms with E-state index < -0.39 is 0 Å². The van der Waals surface area contributed by atoms with Gasteiger partial charge in [0.1, 0.15) is 0 Å². The number of amides is 2. The zero-order chi connectivity index (χ0) is 20.8. The topological polar surface area (TPSA) is 55.8 Å². The predicted molar refractivity (Wildman–Crippen MR) is 118 cm³/mol. The Kier molecular flexibility index (Phi) is 6.99. The molecule has 29 heavy (non-hydrogen) atoms. The molecule has 0 bridgehead atoms. The number of nitrogens with zero attached hydrogens (tertiary/aromatic N) is 1. The summed E-state index contributed by atoms with van der Waals surface area (Å²) in [7, 11) is 1.57. The van der Waals surface area contributed by atoms with Crippen LogP contribution in [0.4, 0.5) is 10.5 Å². The van der Waals surface area contributed by atoms with Crippen LogP contribution in [0.2, 0.25) is 0 Å². The Labute approximate surface area is 175 Å². The third kappa shape index (κ3) is 4.82. The van der Waals surface area contributed by atoms with Gasteiger partial charge >= 0.3 is 0 Å². The Morgan fingerprint density at radius 1 is 1.03 bits per heavy atom. The molecule has 152 valence electrons. The second-order valence-corrected chi connectivity index (χ2v) is 7.62. The lowest BCUT2D eigenvalue weighted by molar-refractivity contribution is -0.113. The number of anilines is 1. The van der Waals surface area contributed by atoms with E-state index in [-0.39, 0.29) is 11.1 Å². The lowest BCUT2D eigenvalue weighted by Crippen LogP contribution is -2.27. The number of hydrogen-bond donors (Lipinski definition) is 0. The maximum absolute atomic E-state index is 12.9. The van der Waals surface area contributed by atoms with Gasteiger partial charge in [-0.05, 0) is 73.0 Å². The number of carbonyl (C=O) groups is 2. The van der Waals surface area contributed by atoms with Crippen molar-refractivity contribution in [1.29, 1.82) is 0 Å². The van der Waals surface area contributed by atoms with Crippen LogP contribution in [0.1, 0.15) is 37.8 Å². The van der Waals surface area contributed by atoms with Crippen LogP contribution in [0.3, 0.4) is 0 Å². The Balaban J connectivity index is 1.81. The molecule has 1 saturated heterocycles. The fourth-order valence-corrected chi connectivity index (χ4v) is 3.92. The molecule has 0 radical (unpaired) electrons. The van der Waals surface area contributed by atoms with Crippen LogP contribution in [0.15, 0.2) is 47.4 Å². The van der Waals surface area contributed by atoms with Crippen LogP contribution >= 0.6 is 11.8 Å². The molecule has 2 aromatic carbocycles. The highest BCUT2D eigenvalue weighted by atomic mass is 32.2. The van der Waals surface area contributed by atoms with Crippen molar-refractivity contribution >= 4 is 34.7 Å². The maximum atomic E-state index is 12.9. The number of rotatable bonds is 8. The summed E-state index contributed by atoms with van der Waals surface area (Å²) in [5, 5.41) is -0.291. The molecule has 1 aliphatic rings. The van der Waals surface area contributed by atoms with Gasteiger partial charge in [0, 0.05) is 0 Å². The average Bonchev–Trinajstić information content (AvgIpc) is 3.01. The number of imide groups is 1. The first-order valence-electron chi connectivity index (χ1n) is 9.75. The number of benzene rings is 2. The van der Waals surface area contributed by atoms with E-state index >= 15 is 0 Å². The molecule has 0 saturated carbocycles. The number of unbranched alkanes of at least 4 members (excludes halogenated alkanes) is 1. The smallest absolute Gasteiger partial charge is 0.298 e. The Morgan fingerprint density at radius 2 is 1.79 bits per heavy atom. The van der Waals surface area contributed by atoms with Gasteiger partial charge < -0.3 is 9.47 Å². The molecule has 6 heteroatoms. The third-order valence-corrected chi connectivity index (χ3v) is 5.46. The van der Waals surface area contributed by atoms with Crippen molar-refractivity contribution in [3.8, 4) is 11.5 Å². The SMILES string of the molecule is CCCCc1ccc(N2C(=O)S/C(=C\c3ccc(OCC)c(OC)c3)C2=O)cc1. The van der Waals surface area contributed by atoms with Crippen LogP contribution in [0, 0.1) is 0 Å². The van der Waals surface area contributed by atoms with Gasteiger partial charge in [0.05, 0.1) is 24.3 Å². The van der Waals surface area contributed by atoms with E-state index in [0.717, 1.165) is 36.6 Å². The van der Waals surface area contributed by atoms with Gasteiger partial charge in [-0.1, -0.05) is 31.5 Å². The van der Waals surface area contributed by atoms with Crippen LogP contribution < -0.4 is 14.4 Å². The van der Waals surface area contributed by atoms with Gasteiger partial charge in [0.2, 0.25) is 0 Å². The summed E-state index contributed by atoms with van der Waals surface area (Å²) in [6.45, 7) is 4.59. The molecule has 5 nitrogen and oxygen atoms in total. The quantitative estimate of drug-likeness (QED) is 0.523. The maximum Gasteiger partial charge on any atom is 0.298 e. The molecule has 1 heterocycles. The van der Waals surface area contributed by atoms with Gasteiger partial charge in [-0.3, -0.25) is 9.59 Å². The summed E-state index contributed by atoms with van der Waals surface area (Å²) < 4.78 is 10.9. The summed E-state index contributed by atoms with van der Waals surface area (Å²) >= 11 is 0.944. The second-order valence-electron chi connectivity index (χ2n) is 6.63. The monoisotopic (exact) mass is 411 g/mol. The van der Waals surface area contributed by atoms with Crippen LogP contribution in [0.25, 0.3) is 6.08 Å². The molecule has 1 fully saturated rings. The highest BCUT2D eigenvalue weighted by Gasteiger charge is 2.36. The van der Waals surface area contributed by atoms with Crippen molar-refractivity contribution in [2.24, 2.45) is 0 Å². The van der Waals surface area contributed by atoms with Gasteiger partial charge in [-0.15, -0.1) is 0 Å². The summed E-state index contributed by atoms with van der Waals surface area (Å²) in [6.07, 6.45) is 4.96. The van der Waals surface area contributed by atoms with Gasteiger partial charge in [-0.25, -0.2) is 4.90 Å². The number of ether oxygens (including phenoxy) is 2. The highest BCUT2D eigenvalue weighted by Crippen LogP contribution is 2.37. The fourth-order valence-electron chi connectivity index (χ4n) is 3.08. The summed E-state index contributed by atoms with van der Waals surface area (Å²) in [5.74, 6) is 0.917. The third-order valence-electron chi connectivity index (χ3n) is 4.59. The Morgan fingerprint density at radius 3 is 2.45 bits per heavy atom. The summed E-state index contributed by atoms with van der Waals surface area (Å²) in [4.78, 5) is 27.0. The molecule has 0 aromatic heterocycles. The minimum absolute atomic E-state index is 0.291. The molecule has 0 spiro atoms. The molecule has 2 aromatic rings. The second kappa shape index (κ2) is 9.65. The Hall–Kier alpha value is -2.73. The highest BCUT2D eigenvalue weighted by molar-refractivity contribution is 8.19. The zero-order valence-electron chi connectivity index (χ0n) is 16.9. The molecule has 0 N–H and O–H groups in total. The molecule has 0 unspecified atom stereocenters. The first-order valence-corrected chi connectivity index (χ1v) is 10.6. The molecule has 3 rings (SSSR count). The molecular weight excluding hydrogens is 386 g/mol. The van der Waals surface area contributed by atoms with Crippen molar-refractivity contribution in [2.75, 3.05) is 18.6 Å². The zero-order valence-corrected chi connectivity index (χ0v) is 17.8. The molecule has 0 aliphatic carbocycles. The van der Waals surface area contributed by atoms with Crippen molar-refractivity contribution in [1.82, 2.24) is 0 Å². The van der Waals surface area contributed by atoms with Crippen LogP contribution in [-0.4, -0.2) is 24.9 Å². The number of thioether (sulfide) groups is 1. The van der Waals surface area contributed by atoms with E-state index in [1.54, 1.807) is 25.3 Å².